The van der Waals surface area contributed by atoms with E-state index in [0.717, 1.165) is 15.3 Å². The standard InChI is InChI=1S/C20H20N3O4S/c1-12-7-14(10-16(8-12)28(26,27)23(3)4)20(25)21-15-5-6-18-17(11-15)13(2)9-19(24)22-18/h5-11H,1H2,2-4H3,(H,21,25)(H,22,24). The number of fused-ring (bicyclic) bond motifs is 1. The number of rotatable bonds is 4. The van der Waals surface area contributed by atoms with Crippen molar-refractivity contribution in [2.45, 2.75) is 11.8 Å². The Balaban J connectivity index is 1.95. The van der Waals surface area contributed by atoms with Crippen molar-refractivity contribution >= 4 is 32.5 Å². The highest BCUT2D eigenvalue weighted by Crippen LogP contribution is 2.25. The lowest BCUT2D eigenvalue weighted by molar-refractivity contribution is 0.102. The van der Waals surface area contributed by atoms with Gasteiger partial charge in [-0.05, 0) is 61.4 Å². The van der Waals surface area contributed by atoms with Gasteiger partial charge in [-0.1, -0.05) is 0 Å². The van der Waals surface area contributed by atoms with Gasteiger partial charge < -0.3 is 10.4 Å². The summed E-state index contributed by atoms with van der Waals surface area (Å²) in [5.41, 5.74) is 2.56. The van der Waals surface area contributed by atoms with Crippen molar-refractivity contribution in [3.05, 3.63) is 66.1 Å². The number of hydrogen-bond donors (Lipinski definition) is 2. The maximum Gasteiger partial charge on any atom is 0.255 e. The van der Waals surface area contributed by atoms with Crippen molar-refractivity contribution < 1.29 is 18.3 Å². The highest BCUT2D eigenvalue weighted by Gasteiger charge is 2.20. The first kappa shape index (κ1) is 19.8. The van der Waals surface area contributed by atoms with Crippen molar-refractivity contribution in [2.75, 3.05) is 19.4 Å². The van der Waals surface area contributed by atoms with Crippen LogP contribution >= 0.6 is 0 Å². The summed E-state index contributed by atoms with van der Waals surface area (Å²) in [6.07, 6.45) is 0. The fourth-order valence-electron chi connectivity index (χ4n) is 2.81. The number of carbonyl (C=O) groups excluding carboxylic acids is 1. The van der Waals surface area contributed by atoms with Gasteiger partial charge in [0.15, 0.2) is 0 Å². The molecule has 0 spiro atoms. The Labute approximate surface area is 163 Å². The van der Waals surface area contributed by atoms with E-state index < -0.39 is 15.9 Å². The van der Waals surface area contributed by atoms with Gasteiger partial charge in [-0.2, -0.15) is 0 Å². The van der Waals surface area contributed by atoms with Gasteiger partial charge >= 0.3 is 0 Å². The van der Waals surface area contributed by atoms with E-state index in [-0.39, 0.29) is 16.3 Å². The number of sulfonamides is 1. The summed E-state index contributed by atoms with van der Waals surface area (Å²) in [4.78, 5) is 16.7. The van der Waals surface area contributed by atoms with Crippen molar-refractivity contribution in [3.63, 3.8) is 0 Å². The zero-order valence-corrected chi connectivity index (χ0v) is 16.5. The minimum Gasteiger partial charge on any atom is -0.493 e. The first-order valence-corrected chi connectivity index (χ1v) is 9.83. The predicted octanol–water partition coefficient (Wildman–Crippen LogP) is 2.93. The molecule has 7 nitrogen and oxygen atoms in total. The molecule has 1 radical (unpaired) electrons. The minimum atomic E-state index is -3.69. The molecule has 2 aromatic carbocycles. The molecule has 0 aliphatic heterocycles. The third-order valence-electron chi connectivity index (χ3n) is 4.27. The third kappa shape index (κ3) is 3.83. The Bertz CT molecular complexity index is 1190. The number of amides is 1. The zero-order valence-electron chi connectivity index (χ0n) is 15.7. The molecule has 145 valence electrons. The Morgan fingerprint density at radius 3 is 2.54 bits per heavy atom. The van der Waals surface area contributed by atoms with Crippen molar-refractivity contribution in [2.24, 2.45) is 0 Å². The van der Waals surface area contributed by atoms with E-state index in [1.807, 2.05) is 6.92 Å². The van der Waals surface area contributed by atoms with Gasteiger partial charge in [-0.25, -0.2) is 17.7 Å². The van der Waals surface area contributed by atoms with Crippen LogP contribution in [0.1, 0.15) is 21.5 Å². The van der Waals surface area contributed by atoms with Crippen molar-refractivity contribution in [1.29, 1.82) is 0 Å². The number of anilines is 1. The molecule has 1 heterocycles. The zero-order chi connectivity index (χ0) is 20.6. The number of aryl methyl sites for hydroxylation is 1. The molecular weight excluding hydrogens is 378 g/mol. The minimum absolute atomic E-state index is 0.00387. The molecule has 0 aliphatic rings. The summed E-state index contributed by atoms with van der Waals surface area (Å²) in [7, 11) is -0.836. The smallest absolute Gasteiger partial charge is 0.255 e. The van der Waals surface area contributed by atoms with E-state index in [1.165, 1.54) is 32.3 Å². The van der Waals surface area contributed by atoms with Crippen LogP contribution in [0, 0.1) is 13.8 Å². The number of nitrogens with one attached hydrogen (secondary N) is 1. The Hall–Kier alpha value is -2.97. The summed E-state index contributed by atoms with van der Waals surface area (Å²) in [6.45, 7) is 5.60. The Morgan fingerprint density at radius 2 is 1.86 bits per heavy atom. The first-order chi connectivity index (χ1) is 13.1. The summed E-state index contributed by atoms with van der Waals surface area (Å²) in [5, 5.41) is 13.1. The van der Waals surface area contributed by atoms with Crippen LogP contribution in [-0.2, 0) is 10.0 Å². The van der Waals surface area contributed by atoms with Gasteiger partial charge in [0, 0.05) is 36.8 Å². The second-order valence-electron chi connectivity index (χ2n) is 6.64. The maximum absolute atomic E-state index is 12.7. The number of carbonyl (C=O) groups is 1. The van der Waals surface area contributed by atoms with Crippen LogP contribution in [0.2, 0.25) is 0 Å². The Morgan fingerprint density at radius 1 is 1.14 bits per heavy atom. The molecule has 1 aromatic heterocycles. The van der Waals surface area contributed by atoms with E-state index in [2.05, 4.69) is 17.2 Å². The SMILES string of the molecule is [CH2]c1cc(C(=O)Nc2ccc3nc(O)cc(C)c3c2)cc(S(=O)(=O)N(C)C)c1. The lowest BCUT2D eigenvalue weighted by Gasteiger charge is -2.14. The lowest BCUT2D eigenvalue weighted by atomic mass is 10.1. The monoisotopic (exact) mass is 398 g/mol. The lowest BCUT2D eigenvalue weighted by Crippen LogP contribution is -2.23. The molecule has 0 saturated carbocycles. The topological polar surface area (TPSA) is 99.6 Å². The average molecular weight is 398 g/mol. The molecule has 2 N–H and O–H groups in total. The van der Waals surface area contributed by atoms with Crippen molar-refractivity contribution in [1.82, 2.24) is 9.29 Å². The average Bonchev–Trinajstić information content (AvgIpc) is 2.61. The van der Waals surface area contributed by atoms with Gasteiger partial charge in [0.1, 0.15) is 0 Å². The van der Waals surface area contributed by atoms with Crippen LogP contribution in [0.5, 0.6) is 5.88 Å². The second kappa shape index (κ2) is 7.21. The quantitative estimate of drug-likeness (QED) is 0.704. The van der Waals surface area contributed by atoms with Crippen LogP contribution in [0.4, 0.5) is 5.69 Å². The number of hydrogen-bond acceptors (Lipinski definition) is 5. The molecule has 28 heavy (non-hydrogen) atoms. The van der Waals surface area contributed by atoms with E-state index in [9.17, 15) is 18.3 Å². The van der Waals surface area contributed by atoms with Crippen molar-refractivity contribution in [3.8, 4) is 5.88 Å². The maximum atomic E-state index is 12.7. The third-order valence-corrected chi connectivity index (χ3v) is 6.06. The molecule has 8 heteroatoms. The summed E-state index contributed by atoms with van der Waals surface area (Å²) in [6, 6.07) is 10.9. The molecule has 1 amide bonds. The molecule has 0 fully saturated rings. The van der Waals surface area contributed by atoms with E-state index in [1.54, 1.807) is 24.3 Å². The van der Waals surface area contributed by atoms with Crippen LogP contribution in [-0.4, -0.2) is 42.8 Å². The number of aromatic nitrogens is 1. The van der Waals surface area contributed by atoms with E-state index in [0.29, 0.717) is 16.8 Å². The van der Waals surface area contributed by atoms with Crippen LogP contribution < -0.4 is 5.32 Å². The largest absolute Gasteiger partial charge is 0.493 e. The highest BCUT2D eigenvalue weighted by atomic mass is 32.2. The number of benzene rings is 2. The van der Waals surface area contributed by atoms with Gasteiger partial charge in [-0.3, -0.25) is 4.79 Å². The summed E-state index contributed by atoms with van der Waals surface area (Å²) >= 11 is 0. The molecular formula is C20H20N3O4S. The molecule has 0 bridgehead atoms. The van der Waals surface area contributed by atoms with Crippen LogP contribution in [0.3, 0.4) is 0 Å². The summed E-state index contributed by atoms with van der Waals surface area (Å²) < 4.78 is 25.8. The number of nitrogens with zero attached hydrogens (tertiary/aromatic N) is 2. The van der Waals surface area contributed by atoms with E-state index >= 15 is 0 Å². The van der Waals surface area contributed by atoms with Gasteiger partial charge in [0.05, 0.1) is 10.4 Å². The van der Waals surface area contributed by atoms with E-state index in [4.69, 9.17) is 0 Å². The molecule has 0 unspecified atom stereocenters. The molecule has 3 rings (SSSR count). The predicted molar refractivity (Wildman–Crippen MR) is 108 cm³/mol. The number of aromatic hydroxyl groups is 1. The van der Waals surface area contributed by atoms with Crippen LogP contribution in [0.15, 0.2) is 47.4 Å². The highest BCUT2D eigenvalue weighted by molar-refractivity contribution is 7.89. The van der Waals surface area contributed by atoms with Gasteiger partial charge in [0.2, 0.25) is 15.9 Å². The second-order valence-corrected chi connectivity index (χ2v) is 8.79. The Kier molecular flexibility index (Phi) is 5.10. The molecule has 3 aromatic rings. The molecule has 0 saturated heterocycles. The first-order valence-electron chi connectivity index (χ1n) is 8.39. The fourth-order valence-corrected chi connectivity index (χ4v) is 3.81. The summed E-state index contributed by atoms with van der Waals surface area (Å²) in [5.74, 6) is -0.520. The van der Waals surface area contributed by atoms with Gasteiger partial charge in [0.25, 0.3) is 5.91 Å². The van der Waals surface area contributed by atoms with Crippen LogP contribution in [0.25, 0.3) is 10.9 Å². The normalized spacial score (nSPS) is 11.8. The van der Waals surface area contributed by atoms with Gasteiger partial charge in [-0.15, -0.1) is 0 Å². The fraction of sp³-hybridized carbons (Fsp3) is 0.150. The molecule has 0 atom stereocenters. The molecule has 0 aliphatic carbocycles. The number of pyridine rings is 1.